The van der Waals surface area contributed by atoms with Crippen molar-refractivity contribution in [3.63, 3.8) is 0 Å². The summed E-state index contributed by atoms with van der Waals surface area (Å²) in [6, 6.07) is 0. The molecule has 0 saturated carbocycles. The molecule has 80 valence electrons. The van der Waals surface area contributed by atoms with Crippen molar-refractivity contribution in [2.75, 3.05) is 32.1 Å². The highest BCUT2D eigenvalue weighted by atomic mass is 32.2. The number of hydrogen-bond acceptors (Lipinski definition) is 5. The largest absolute Gasteiger partial charge is 0.411 e. The predicted molar refractivity (Wildman–Crippen MR) is 62.3 cm³/mol. The Morgan fingerprint density at radius 3 is 2.79 bits per heavy atom. The second-order valence-electron chi connectivity index (χ2n) is 2.99. The maximum Gasteiger partial charge on any atom is 0.136 e. The molecule has 1 N–H and O–H groups in total. The lowest BCUT2D eigenvalue weighted by atomic mass is 10.5. The highest BCUT2D eigenvalue weighted by molar-refractivity contribution is 8.23. The van der Waals surface area contributed by atoms with Gasteiger partial charge in [-0.1, -0.05) is 29.1 Å². The Bertz CT molecular complexity index is 227. The number of oxime groups is 1. The number of ether oxygens (including phenoxy) is 1. The van der Waals surface area contributed by atoms with Crippen molar-refractivity contribution in [2.24, 2.45) is 5.16 Å². The number of hydrogen-bond donors (Lipinski definition) is 1. The molecule has 0 atom stereocenters. The molecule has 0 aliphatic carbocycles. The Morgan fingerprint density at radius 1 is 1.57 bits per heavy atom. The van der Waals surface area contributed by atoms with E-state index in [1.165, 1.54) is 11.8 Å². The van der Waals surface area contributed by atoms with Crippen molar-refractivity contribution >= 4 is 34.0 Å². The van der Waals surface area contributed by atoms with Crippen molar-refractivity contribution in [1.29, 1.82) is 0 Å². The van der Waals surface area contributed by atoms with E-state index in [-0.39, 0.29) is 0 Å². The lowest BCUT2D eigenvalue weighted by Gasteiger charge is -2.28. The van der Waals surface area contributed by atoms with Crippen LogP contribution in [0, 0.1) is 0 Å². The van der Waals surface area contributed by atoms with Crippen molar-refractivity contribution in [3.05, 3.63) is 0 Å². The number of nitrogens with zero attached hydrogens (tertiary/aromatic N) is 2. The van der Waals surface area contributed by atoms with Crippen LogP contribution >= 0.6 is 24.0 Å². The van der Waals surface area contributed by atoms with Gasteiger partial charge in [-0.3, -0.25) is 0 Å². The van der Waals surface area contributed by atoms with Crippen LogP contribution in [0.3, 0.4) is 0 Å². The summed E-state index contributed by atoms with van der Waals surface area (Å²) in [7, 11) is 0. The van der Waals surface area contributed by atoms with Crippen LogP contribution in [-0.4, -0.2) is 52.2 Å². The van der Waals surface area contributed by atoms with Gasteiger partial charge in [0.2, 0.25) is 0 Å². The Balaban J connectivity index is 2.26. The van der Waals surface area contributed by atoms with Crippen LogP contribution in [0.15, 0.2) is 5.16 Å². The van der Waals surface area contributed by atoms with Gasteiger partial charge in [-0.2, -0.15) is 0 Å². The molecule has 0 aromatic carbocycles. The molecule has 1 aliphatic rings. The van der Waals surface area contributed by atoms with Gasteiger partial charge >= 0.3 is 0 Å². The summed E-state index contributed by atoms with van der Waals surface area (Å²) in [5.41, 5.74) is 0.686. The maximum absolute atomic E-state index is 8.46. The molecule has 1 fully saturated rings. The van der Waals surface area contributed by atoms with Crippen molar-refractivity contribution in [2.45, 2.75) is 6.92 Å². The Kier molecular flexibility index (Phi) is 5.21. The summed E-state index contributed by atoms with van der Waals surface area (Å²) in [4.78, 5) is 2.12. The molecule has 0 bridgehead atoms. The summed E-state index contributed by atoms with van der Waals surface area (Å²) in [5.74, 6) is 0.646. The van der Waals surface area contributed by atoms with E-state index in [0.717, 1.165) is 30.6 Å². The lowest BCUT2D eigenvalue weighted by Crippen LogP contribution is -2.38. The third-order valence-electron chi connectivity index (χ3n) is 1.84. The zero-order chi connectivity index (χ0) is 10.4. The maximum atomic E-state index is 8.46. The molecule has 1 rings (SSSR count). The molecule has 1 saturated heterocycles. The fourth-order valence-electron chi connectivity index (χ4n) is 1.03. The smallest absolute Gasteiger partial charge is 0.136 e. The van der Waals surface area contributed by atoms with E-state index in [2.05, 4.69) is 10.1 Å². The van der Waals surface area contributed by atoms with E-state index in [4.69, 9.17) is 22.2 Å². The average molecular weight is 234 g/mol. The van der Waals surface area contributed by atoms with Crippen LogP contribution in [0.2, 0.25) is 0 Å². The van der Waals surface area contributed by atoms with E-state index in [1.54, 1.807) is 6.92 Å². The molecular weight excluding hydrogens is 220 g/mol. The van der Waals surface area contributed by atoms with Gasteiger partial charge in [0.05, 0.1) is 18.9 Å². The molecule has 0 amide bonds. The first-order valence-corrected chi connectivity index (χ1v) is 5.80. The highest BCUT2D eigenvalue weighted by Crippen LogP contribution is 2.11. The van der Waals surface area contributed by atoms with Crippen molar-refractivity contribution in [3.8, 4) is 0 Å². The number of rotatable bonds is 2. The molecule has 6 heteroatoms. The molecule has 4 nitrogen and oxygen atoms in total. The summed E-state index contributed by atoms with van der Waals surface area (Å²) < 4.78 is 6.08. The molecule has 0 radical (unpaired) electrons. The normalized spacial score (nSPS) is 18.4. The third kappa shape index (κ3) is 3.81. The Hall–Kier alpha value is -0.330. The first-order valence-electron chi connectivity index (χ1n) is 4.41. The van der Waals surface area contributed by atoms with Gasteiger partial charge in [0.1, 0.15) is 4.32 Å². The fraction of sp³-hybridized carbons (Fsp3) is 0.750. The van der Waals surface area contributed by atoms with Crippen LogP contribution in [0.1, 0.15) is 6.92 Å². The predicted octanol–water partition coefficient (Wildman–Crippen LogP) is 1.19. The van der Waals surface area contributed by atoms with E-state index in [0.29, 0.717) is 11.5 Å². The van der Waals surface area contributed by atoms with Crippen molar-refractivity contribution in [1.82, 2.24) is 4.90 Å². The van der Waals surface area contributed by atoms with Gasteiger partial charge in [-0.05, 0) is 6.92 Å². The zero-order valence-corrected chi connectivity index (χ0v) is 9.73. The zero-order valence-electron chi connectivity index (χ0n) is 8.10. The Morgan fingerprint density at radius 2 is 2.21 bits per heavy atom. The van der Waals surface area contributed by atoms with Crippen molar-refractivity contribution < 1.29 is 9.94 Å². The number of morpholine rings is 1. The van der Waals surface area contributed by atoms with E-state index in [1.807, 2.05) is 0 Å². The third-order valence-corrected chi connectivity index (χ3v) is 3.52. The summed E-state index contributed by atoms with van der Waals surface area (Å²) >= 11 is 6.76. The van der Waals surface area contributed by atoms with Crippen LogP contribution < -0.4 is 0 Å². The van der Waals surface area contributed by atoms with Crippen LogP contribution in [0.4, 0.5) is 0 Å². The molecule has 14 heavy (non-hydrogen) atoms. The van der Waals surface area contributed by atoms with Crippen LogP contribution in [0.25, 0.3) is 0 Å². The lowest BCUT2D eigenvalue weighted by molar-refractivity contribution is 0.0702. The number of thiocarbonyl (C=S) groups is 1. The van der Waals surface area contributed by atoms with Gasteiger partial charge < -0.3 is 14.8 Å². The van der Waals surface area contributed by atoms with Gasteiger partial charge in [-0.15, -0.1) is 0 Å². The summed E-state index contributed by atoms with van der Waals surface area (Å²) in [6.07, 6.45) is 0. The van der Waals surface area contributed by atoms with Gasteiger partial charge in [-0.25, -0.2) is 0 Å². The van der Waals surface area contributed by atoms with Gasteiger partial charge in [0, 0.05) is 18.8 Å². The fourth-order valence-corrected chi connectivity index (χ4v) is 2.15. The molecule has 0 aromatic heterocycles. The second-order valence-corrected chi connectivity index (χ2v) is 4.60. The Labute approximate surface area is 93.3 Å². The minimum atomic E-state index is 0.646. The molecule has 0 aromatic rings. The highest BCUT2D eigenvalue weighted by Gasteiger charge is 2.13. The van der Waals surface area contributed by atoms with E-state index >= 15 is 0 Å². The minimum absolute atomic E-state index is 0.646. The standard InChI is InChI=1S/C8H14N2O2S2/c1-7(9-11)6-14-8(13)10-2-4-12-5-3-10/h11H,2-6H2,1H3/b9-7-. The number of thioether (sulfide) groups is 1. The molecule has 0 spiro atoms. The summed E-state index contributed by atoms with van der Waals surface area (Å²) in [6.45, 7) is 4.98. The quantitative estimate of drug-likeness (QED) is 0.336. The molecule has 0 unspecified atom stereocenters. The first kappa shape index (κ1) is 11.7. The topological polar surface area (TPSA) is 45.1 Å². The van der Waals surface area contributed by atoms with Gasteiger partial charge in [0.15, 0.2) is 0 Å². The second kappa shape index (κ2) is 6.21. The molecule has 1 heterocycles. The van der Waals surface area contributed by atoms with Crippen LogP contribution in [-0.2, 0) is 4.74 Å². The van der Waals surface area contributed by atoms with E-state index < -0.39 is 0 Å². The average Bonchev–Trinajstić information content (AvgIpc) is 2.26. The van der Waals surface area contributed by atoms with Gasteiger partial charge in [0.25, 0.3) is 0 Å². The molecular formula is C8H14N2O2S2. The monoisotopic (exact) mass is 234 g/mol. The SMILES string of the molecule is C/C(CSC(=S)N1CCOCC1)=N/O. The first-order chi connectivity index (χ1) is 6.74. The summed E-state index contributed by atoms with van der Waals surface area (Å²) in [5, 5.41) is 11.6. The molecule has 1 aliphatic heterocycles. The van der Waals surface area contributed by atoms with E-state index in [9.17, 15) is 0 Å². The van der Waals surface area contributed by atoms with Crippen LogP contribution in [0.5, 0.6) is 0 Å². The minimum Gasteiger partial charge on any atom is -0.411 e.